The average Bonchev–Trinajstić information content (AvgIpc) is 2.69. The Morgan fingerprint density at radius 3 is 2.73 bits per heavy atom. The SMILES string of the molecule is Cc1nn(C)c(C)c1CCC(=O)N1CCOC(CC(=O)O)C1. The lowest BCUT2D eigenvalue weighted by molar-refractivity contribution is -0.147. The third-order valence-corrected chi connectivity index (χ3v) is 4.14. The van der Waals surface area contributed by atoms with Crippen LogP contribution in [0.15, 0.2) is 0 Å². The van der Waals surface area contributed by atoms with Crippen molar-refractivity contribution in [2.24, 2.45) is 7.05 Å². The average molecular weight is 309 g/mol. The van der Waals surface area contributed by atoms with Crippen LogP contribution in [0.2, 0.25) is 0 Å². The summed E-state index contributed by atoms with van der Waals surface area (Å²) in [6.07, 6.45) is 0.598. The van der Waals surface area contributed by atoms with E-state index < -0.39 is 12.1 Å². The van der Waals surface area contributed by atoms with Crippen LogP contribution in [0.3, 0.4) is 0 Å². The number of hydrogen-bond acceptors (Lipinski definition) is 4. The molecule has 1 saturated heterocycles. The number of carbonyl (C=O) groups excluding carboxylic acids is 1. The molecule has 1 atom stereocenters. The van der Waals surface area contributed by atoms with Gasteiger partial charge in [-0.3, -0.25) is 14.3 Å². The van der Waals surface area contributed by atoms with Crippen LogP contribution in [0, 0.1) is 13.8 Å². The Morgan fingerprint density at radius 2 is 2.14 bits per heavy atom. The Kier molecular flexibility index (Phi) is 5.18. The lowest BCUT2D eigenvalue weighted by Gasteiger charge is -2.32. The van der Waals surface area contributed by atoms with Gasteiger partial charge in [0.15, 0.2) is 0 Å². The van der Waals surface area contributed by atoms with Crippen LogP contribution in [0.4, 0.5) is 0 Å². The first-order valence-corrected chi connectivity index (χ1v) is 7.48. The van der Waals surface area contributed by atoms with E-state index in [1.807, 2.05) is 25.6 Å². The number of hydrogen-bond donors (Lipinski definition) is 1. The normalized spacial score (nSPS) is 18.5. The molecule has 0 aliphatic carbocycles. The van der Waals surface area contributed by atoms with Gasteiger partial charge >= 0.3 is 5.97 Å². The maximum Gasteiger partial charge on any atom is 0.306 e. The summed E-state index contributed by atoms with van der Waals surface area (Å²) in [5.74, 6) is -0.859. The Hall–Kier alpha value is -1.89. The molecule has 122 valence electrons. The molecule has 22 heavy (non-hydrogen) atoms. The van der Waals surface area contributed by atoms with Crippen LogP contribution in [0.5, 0.6) is 0 Å². The Bertz CT molecular complexity index is 567. The van der Waals surface area contributed by atoms with Gasteiger partial charge in [0.25, 0.3) is 0 Å². The third-order valence-electron chi connectivity index (χ3n) is 4.14. The van der Waals surface area contributed by atoms with Crippen molar-refractivity contribution in [2.75, 3.05) is 19.7 Å². The highest BCUT2D eigenvalue weighted by molar-refractivity contribution is 5.77. The summed E-state index contributed by atoms with van der Waals surface area (Å²) < 4.78 is 7.21. The molecule has 1 aliphatic heterocycles. The maximum atomic E-state index is 12.3. The van der Waals surface area contributed by atoms with E-state index in [1.165, 1.54) is 0 Å². The van der Waals surface area contributed by atoms with E-state index in [4.69, 9.17) is 9.84 Å². The van der Waals surface area contributed by atoms with E-state index in [-0.39, 0.29) is 12.3 Å². The minimum Gasteiger partial charge on any atom is -0.481 e. The molecular formula is C15H23N3O4. The number of amides is 1. The molecule has 7 nitrogen and oxygen atoms in total. The minimum absolute atomic E-state index is 0.0429. The molecule has 0 spiro atoms. The monoisotopic (exact) mass is 309 g/mol. The number of carbonyl (C=O) groups is 2. The van der Waals surface area contributed by atoms with E-state index in [0.29, 0.717) is 32.5 Å². The van der Waals surface area contributed by atoms with Gasteiger partial charge < -0.3 is 14.7 Å². The highest BCUT2D eigenvalue weighted by Crippen LogP contribution is 2.16. The van der Waals surface area contributed by atoms with Gasteiger partial charge in [-0.2, -0.15) is 5.10 Å². The fraction of sp³-hybridized carbons (Fsp3) is 0.667. The van der Waals surface area contributed by atoms with Crippen molar-refractivity contribution < 1.29 is 19.4 Å². The van der Waals surface area contributed by atoms with Crippen molar-refractivity contribution in [2.45, 2.75) is 39.2 Å². The van der Waals surface area contributed by atoms with Crippen molar-refractivity contribution in [3.8, 4) is 0 Å². The predicted molar refractivity (Wildman–Crippen MR) is 79.6 cm³/mol. The lowest BCUT2D eigenvalue weighted by Crippen LogP contribution is -2.46. The Balaban J connectivity index is 1.90. The molecule has 2 heterocycles. The summed E-state index contributed by atoms with van der Waals surface area (Å²) in [7, 11) is 1.89. The molecule has 1 N–H and O–H groups in total. The van der Waals surface area contributed by atoms with Gasteiger partial charge in [0.2, 0.25) is 5.91 Å². The van der Waals surface area contributed by atoms with Crippen molar-refractivity contribution in [1.82, 2.24) is 14.7 Å². The molecular weight excluding hydrogens is 286 g/mol. The number of ether oxygens (including phenoxy) is 1. The van der Waals surface area contributed by atoms with Gasteiger partial charge in [0.05, 0.1) is 24.8 Å². The Labute approximate surface area is 129 Å². The molecule has 0 saturated carbocycles. The number of aryl methyl sites for hydroxylation is 2. The number of carboxylic acid groups (broad SMARTS) is 1. The zero-order valence-electron chi connectivity index (χ0n) is 13.3. The quantitative estimate of drug-likeness (QED) is 0.864. The van der Waals surface area contributed by atoms with Crippen LogP contribution in [-0.2, 0) is 27.8 Å². The van der Waals surface area contributed by atoms with Crippen LogP contribution in [0.1, 0.15) is 29.8 Å². The smallest absolute Gasteiger partial charge is 0.306 e. The third kappa shape index (κ3) is 3.85. The number of carboxylic acids is 1. The molecule has 1 fully saturated rings. The van der Waals surface area contributed by atoms with Gasteiger partial charge in [-0.25, -0.2) is 0 Å². The van der Waals surface area contributed by atoms with E-state index in [2.05, 4.69) is 5.10 Å². The fourth-order valence-corrected chi connectivity index (χ4v) is 2.83. The van der Waals surface area contributed by atoms with Gasteiger partial charge in [0, 0.05) is 32.3 Å². The van der Waals surface area contributed by atoms with Gasteiger partial charge in [0.1, 0.15) is 0 Å². The van der Waals surface area contributed by atoms with Crippen LogP contribution in [0.25, 0.3) is 0 Å². The summed E-state index contributed by atoms with van der Waals surface area (Å²) in [6.45, 7) is 5.23. The second-order valence-electron chi connectivity index (χ2n) is 5.70. The number of rotatable bonds is 5. The number of aromatic nitrogens is 2. The van der Waals surface area contributed by atoms with Crippen molar-refractivity contribution in [3.05, 3.63) is 17.0 Å². The number of aliphatic carboxylic acids is 1. The zero-order valence-corrected chi connectivity index (χ0v) is 13.3. The summed E-state index contributed by atoms with van der Waals surface area (Å²) in [4.78, 5) is 24.8. The first-order valence-electron chi connectivity index (χ1n) is 7.48. The first kappa shape index (κ1) is 16.5. The van der Waals surface area contributed by atoms with Gasteiger partial charge in [-0.05, 0) is 25.8 Å². The lowest BCUT2D eigenvalue weighted by atomic mass is 10.1. The van der Waals surface area contributed by atoms with Crippen LogP contribution >= 0.6 is 0 Å². The molecule has 1 unspecified atom stereocenters. The predicted octanol–water partition coefficient (Wildman–Crippen LogP) is 0.672. The maximum absolute atomic E-state index is 12.3. The molecule has 0 radical (unpaired) electrons. The van der Waals surface area contributed by atoms with E-state index in [1.54, 1.807) is 4.90 Å². The molecule has 1 amide bonds. The van der Waals surface area contributed by atoms with E-state index in [9.17, 15) is 9.59 Å². The van der Waals surface area contributed by atoms with Gasteiger partial charge in [-0.15, -0.1) is 0 Å². The molecule has 2 rings (SSSR count). The van der Waals surface area contributed by atoms with E-state index >= 15 is 0 Å². The number of morpholine rings is 1. The summed E-state index contributed by atoms with van der Waals surface area (Å²) in [5, 5.41) is 13.2. The highest BCUT2D eigenvalue weighted by atomic mass is 16.5. The largest absolute Gasteiger partial charge is 0.481 e. The second-order valence-corrected chi connectivity index (χ2v) is 5.70. The van der Waals surface area contributed by atoms with Crippen molar-refractivity contribution in [1.29, 1.82) is 0 Å². The standard InChI is InChI=1S/C15H23N3O4/c1-10-13(11(2)17(3)16-10)4-5-14(19)18-6-7-22-12(9-18)8-15(20)21/h12H,4-9H2,1-3H3,(H,20,21). The molecule has 1 aromatic rings. The van der Waals surface area contributed by atoms with Crippen LogP contribution < -0.4 is 0 Å². The second kappa shape index (κ2) is 6.91. The molecule has 1 aliphatic rings. The fourth-order valence-electron chi connectivity index (χ4n) is 2.83. The van der Waals surface area contributed by atoms with Crippen LogP contribution in [-0.4, -0.2) is 57.5 Å². The highest BCUT2D eigenvalue weighted by Gasteiger charge is 2.26. The molecule has 0 aromatic carbocycles. The zero-order chi connectivity index (χ0) is 16.3. The van der Waals surface area contributed by atoms with Gasteiger partial charge in [-0.1, -0.05) is 0 Å². The minimum atomic E-state index is -0.902. The summed E-state index contributed by atoms with van der Waals surface area (Å²) in [6, 6.07) is 0. The Morgan fingerprint density at radius 1 is 1.41 bits per heavy atom. The molecule has 0 bridgehead atoms. The number of nitrogens with zero attached hydrogens (tertiary/aromatic N) is 3. The summed E-state index contributed by atoms with van der Waals surface area (Å²) in [5.41, 5.74) is 3.15. The first-order chi connectivity index (χ1) is 10.4. The summed E-state index contributed by atoms with van der Waals surface area (Å²) >= 11 is 0. The topological polar surface area (TPSA) is 84.7 Å². The molecule has 7 heteroatoms. The van der Waals surface area contributed by atoms with E-state index in [0.717, 1.165) is 17.0 Å². The van der Waals surface area contributed by atoms with Crippen molar-refractivity contribution >= 4 is 11.9 Å². The molecule has 1 aromatic heterocycles. The van der Waals surface area contributed by atoms with Crippen molar-refractivity contribution in [3.63, 3.8) is 0 Å².